The van der Waals surface area contributed by atoms with E-state index in [-0.39, 0.29) is 5.91 Å². The number of rotatable bonds is 10. The summed E-state index contributed by atoms with van der Waals surface area (Å²) < 4.78 is 17.2. The van der Waals surface area contributed by atoms with Crippen molar-refractivity contribution in [2.45, 2.75) is 33.6 Å². The first-order chi connectivity index (χ1) is 17.1. The highest BCUT2D eigenvalue weighted by Crippen LogP contribution is 2.39. The summed E-state index contributed by atoms with van der Waals surface area (Å²) in [6, 6.07) is 14.9. The van der Waals surface area contributed by atoms with Crippen molar-refractivity contribution in [1.29, 1.82) is 0 Å². The third-order valence-electron chi connectivity index (χ3n) is 5.67. The Morgan fingerprint density at radius 2 is 1.57 bits per heavy atom. The highest BCUT2D eigenvalue weighted by atomic mass is 16.5. The normalized spacial score (nSPS) is 12.9. The fraction of sp³-hybridized carbons (Fsp3) is 0.370. The first-order valence-corrected chi connectivity index (χ1v) is 12.2. The maximum Gasteiger partial charge on any atom is 0.255 e. The molecule has 35 heavy (non-hydrogen) atoms. The zero-order valence-electron chi connectivity index (χ0n) is 20.5. The van der Waals surface area contributed by atoms with E-state index in [0.717, 1.165) is 30.2 Å². The molecular formula is C27H32N4O4. The average Bonchev–Trinajstić information content (AvgIpc) is 3.41. The summed E-state index contributed by atoms with van der Waals surface area (Å²) in [6.07, 6.45) is 2.38. The Hall–Kier alpha value is -3.81. The van der Waals surface area contributed by atoms with Crippen LogP contribution >= 0.6 is 0 Å². The SMILES string of the molecule is CCOc1cc(C(=O)Nc2cccc(-c3ccc(N4CCCC4)nn3)c2)cc(OCC)c1OCC. The van der Waals surface area contributed by atoms with E-state index in [1.807, 2.05) is 57.2 Å². The molecule has 0 atom stereocenters. The number of hydrogen-bond acceptors (Lipinski definition) is 7. The summed E-state index contributed by atoms with van der Waals surface area (Å²) in [5, 5.41) is 11.8. The van der Waals surface area contributed by atoms with Crippen LogP contribution in [0.25, 0.3) is 11.3 Å². The van der Waals surface area contributed by atoms with Crippen molar-refractivity contribution in [3.8, 4) is 28.5 Å². The van der Waals surface area contributed by atoms with E-state index in [4.69, 9.17) is 14.2 Å². The van der Waals surface area contributed by atoms with E-state index >= 15 is 0 Å². The molecule has 0 saturated carbocycles. The molecule has 1 aromatic heterocycles. The first kappa shape index (κ1) is 24.3. The molecule has 0 spiro atoms. The Bertz CT molecular complexity index is 1120. The van der Waals surface area contributed by atoms with Gasteiger partial charge in [0, 0.05) is 29.9 Å². The van der Waals surface area contributed by atoms with Gasteiger partial charge in [-0.25, -0.2) is 0 Å². The van der Waals surface area contributed by atoms with Gasteiger partial charge in [-0.05, 0) is 70.0 Å². The molecule has 0 aliphatic carbocycles. The molecule has 8 nitrogen and oxygen atoms in total. The molecule has 1 aliphatic heterocycles. The second kappa shape index (κ2) is 11.6. The number of carbonyl (C=O) groups is 1. The Balaban J connectivity index is 1.54. The lowest BCUT2D eigenvalue weighted by atomic mass is 10.1. The summed E-state index contributed by atoms with van der Waals surface area (Å²) in [5.74, 6) is 2.09. The topological polar surface area (TPSA) is 85.8 Å². The van der Waals surface area contributed by atoms with E-state index in [2.05, 4.69) is 20.4 Å². The smallest absolute Gasteiger partial charge is 0.255 e. The average molecular weight is 477 g/mol. The van der Waals surface area contributed by atoms with Gasteiger partial charge in [-0.3, -0.25) is 4.79 Å². The molecule has 0 radical (unpaired) electrons. The standard InChI is InChI=1S/C27H32N4O4/c1-4-33-23-17-20(18-24(34-5-2)26(23)35-6-3)27(32)28-21-11-9-10-19(16-21)22-12-13-25(30-29-22)31-14-7-8-15-31/h9-13,16-18H,4-8,14-15H2,1-3H3,(H,28,32). The summed E-state index contributed by atoms with van der Waals surface area (Å²) in [7, 11) is 0. The number of aromatic nitrogens is 2. The van der Waals surface area contributed by atoms with Crippen molar-refractivity contribution in [3.05, 3.63) is 54.1 Å². The number of nitrogens with zero attached hydrogens (tertiary/aromatic N) is 3. The molecular weight excluding hydrogens is 444 g/mol. The van der Waals surface area contributed by atoms with Crippen molar-refractivity contribution < 1.29 is 19.0 Å². The molecule has 1 saturated heterocycles. The number of amides is 1. The van der Waals surface area contributed by atoms with Crippen molar-refractivity contribution in [1.82, 2.24) is 10.2 Å². The van der Waals surface area contributed by atoms with Crippen LogP contribution in [-0.4, -0.2) is 49.0 Å². The van der Waals surface area contributed by atoms with E-state index in [1.165, 1.54) is 12.8 Å². The summed E-state index contributed by atoms with van der Waals surface area (Å²) in [4.78, 5) is 15.4. The molecule has 1 fully saturated rings. The lowest BCUT2D eigenvalue weighted by molar-refractivity contribution is 0.102. The first-order valence-electron chi connectivity index (χ1n) is 12.2. The van der Waals surface area contributed by atoms with Gasteiger partial charge in [-0.2, -0.15) is 0 Å². The fourth-order valence-corrected chi connectivity index (χ4v) is 4.07. The van der Waals surface area contributed by atoms with Gasteiger partial charge in [-0.15, -0.1) is 10.2 Å². The molecule has 1 amide bonds. The minimum Gasteiger partial charge on any atom is -0.490 e. The lowest BCUT2D eigenvalue weighted by Crippen LogP contribution is -2.19. The number of carbonyl (C=O) groups excluding carboxylic acids is 1. The molecule has 2 aromatic carbocycles. The van der Waals surface area contributed by atoms with Crippen molar-refractivity contribution in [3.63, 3.8) is 0 Å². The molecule has 184 valence electrons. The summed E-state index contributed by atoms with van der Waals surface area (Å²) in [5.41, 5.74) is 2.70. The highest BCUT2D eigenvalue weighted by molar-refractivity contribution is 6.05. The highest BCUT2D eigenvalue weighted by Gasteiger charge is 2.19. The van der Waals surface area contributed by atoms with Gasteiger partial charge in [0.05, 0.1) is 25.5 Å². The van der Waals surface area contributed by atoms with Crippen molar-refractivity contribution in [2.75, 3.05) is 43.1 Å². The molecule has 4 rings (SSSR count). The molecule has 8 heteroatoms. The molecule has 0 bridgehead atoms. The fourth-order valence-electron chi connectivity index (χ4n) is 4.07. The summed E-state index contributed by atoms with van der Waals surface area (Å²) in [6.45, 7) is 9.05. The van der Waals surface area contributed by atoms with Gasteiger partial charge >= 0.3 is 0 Å². The van der Waals surface area contributed by atoms with Crippen LogP contribution in [0.2, 0.25) is 0 Å². The molecule has 1 N–H and O–H groups in total. The predicted octanol–water partition coefficient (Wildman–Crippen LogP) is 5.19. The number of nitrogens with one attached hydrogen (secondary N) is 1. The van der Waals surface area contributed by atoms with E-state index < -0.39 is 0 Å². The largest absolute Gasteiger partial charge is 0.490 e. The van der Waals surface area contributed by atoms with Crippen LogP contribution < -0.4 is 24.4 Å². The second-order valence-electron chi connectivity index (χ2n) is 8.11. The maximum absolute atomic E-state index is 13.1. The van der Waals surface area contributed by atoms with Crippen LogP contribution in [0.3, 0.4) is 0 Å². The van der Waals surface area contributed by atoms with Crippen LogP contribution in [0.5, 0.6) is 17.2 Å². The van der Waals surface area contributed by atoms with Gasteiger partial charge in [0.25, 0.3) is 5.91 Å². The van der Waals surface area contributed by atoms with Crippen LogP contribution in [0.1, 0.15) is 44.0 Å². The number of benzene rings is 2. The zero-order chi connectivity index (χ0) is 24.6. The maximum atomic E-state index is 13.1. The van der Waals surface area contributed by atoms with Gasteiger partial charge in [0.1, 0.15) is 0 Å². The zero-order valence-corrected chi connectivity index (χ0v) is 20.5. The lowest BCUT2D eigenvalue weighted by Gasteiger charge is -2.17. The predicted molar refractivity (Wildman–Crippen MR) is 137 cm³/mol. The Labute approximate surface area is 206 Å². The minimum atomic E-state index is -0.275. The van der Waals surface area contributed by atoms with E-state index in [0.29, 0.717) is 48.3 Å². The summed E-state index contributed by atoms with van der Waals surface area (Å²) >= 11 is 0. The van der Waals surface area contributed by atoms with Crippen LogP contribution in [-0.2, 0) is 0 Å². The Morgan fingerprint density at radius 1 is 0.886 bits per heavy atom. The van der Waals surface area contributed by atoms with Gasteiger partial charge in [0.15, 0.2) is 17.3 Å². The Kier molecular flexibility index (Phi) is 8.03. The van der Waals surface area contributed by atoms with Gasteiger partial charge in [-0.1, -0.05) is 12.1 Å². The van der Waals surface area contributed by atoms with Crippen LogP contribution in [0.4, 0.5) is 11.5 Å². The van der Waals surface area contributed by atoms with Crippen molar-refractivity contribution in [2.24, 2.45) is 0 Å². The van der Waals surface area contributed by atoms with Crippen LogP contribution in [0, 0.1) is 0 Å². The monoisotopic (exact) mass is 476 g/mol. The molecule has 2 heterocycles. The van der Waals surface area contributed by atoms with Gasteiger partial charge < -0.3 is 24.4 Å². The molecule has 1 aliphatic rings. The Morgan fingerprint density at radius 3 is 2.17 bits per heavy atom. The van der Waals surface area contributed by atoms with Gasteiger partial charge in [0.2, 0.25) is 5.75 Å². The number of hydrogen-bond donors (Lipinski definition) is 1. The number of ether oxygens (including phenoxy) is 3. The third kappa shape index (κ3) is 5.82. The van der Waals surface area contributed by atoms with E-state index in [1.54, 1.807) is 12.1 Å². The van der Waals surface area contributed by atoms with Crippen LogP contribution in [0.15, 0.2) is 48.5 Å². The molecule has 0 unspecified atom stereocenters. The quantitative estimate of drug-likeness (QED) is 0.431. The minimum absolute atomic E-state index is 0.275. The third-order valence-corrected chi connectivity index (χ3v) is 5.67. The van der Waals surface area contributed by atoms with E-state index in [9.17, 15) is 4.79 Å². The molecule has 3 aromatic rings. The second-order valence-corrected chi connectivity index (χ2v) is 8.11. The number of anilines is 2. The van der Waals surface area contributed by atoms with Crippen molar-refractivity contribution >= 4 is 17.4 Å².